The molecule has 4 heteroatoms. The molecule has 24 heavy (non-hydrogen) atoms. The van der Waals surface area contributed by atoms with Crippen LogP contribution in [0.25, 0.3) is 0 Å². The molecule has 3 rings (SSSR count). The molecule has 0 spiro atoms. The molecule has 1 heterocycles. The number of nitrogens with zero attached hydrogens (tertiary/aromatic N) is 1. The van der Waals surface area contributed by atoms with E-state index in [2.05, 4.69) is 5.32 Å². The van der Waals surface area contributed by atoms with Gasteiger partial charge in [0, 0.05) is 12.1 Å². The van der Waals surface area contributed by atoms with Crippen molar-refractivity contribution in [2.24, 2.45) is 0 Å². The molecule has 1 N–H and O–H groups in total. The van der Waals surface area contributed by atoms with Gasteiger partial charge in [-0.05, 0) is 30.5 Å². The summed E-state index contributed by atoms with van der Waals surface area (Å²) in [7, 11) is 0. The Morgan fingerprint density at radius 2 is 1.67 bits per heavy atom. The van der Waals surface area contributed by atoms with E-state index in [1.54, 1.807) is 0 Å². The zero-order chi connectivity index (χ0) is 17.1. The molecule has 122 valence electrons. The average molecular weight is 320 g/mol. The van der Waals surface area contributed by atoms with Crippen LogP contribution in [0.5, 0.6) is 0 Å². The highest BCUT2D eigenvalue weighted by Crippen LogP contribution is 2.21. The summed E-state index contributed by atoms with van der Waals surface area (Å²) in [5, 5.41) is 3.18. The molecule has 0 bridgehead atoms. The largest absolute Gasteiger partial charge is 0.374 e. The minimum absolute atomic E-state index is 0.0501. The smallest absolute Gasteiger partial charge is 0.277 e. The first-order valence-corrected chi connectivity index (χ1v) is 8.00. The Balaban J connectivity index is 1.72. The van der Waals surface area contributed by atoms with Crippen LogP contribution >= 0.6 is 0 Å². The van der Waals surface area contributed by atoms with E-state index in [4.69, 9.17) is 0 Å². The lowest BCUT2D eigenvalue weighted by Crippen LogP contribution is -2.33. The lowest BCUT2D eigenvalue weighted by Gasteiger charge is -2.19. The number of carbonyl (C=O) groups is 2. The number of hydrogen-bond acceptors (Lipinski definition) is 3. The predicted octanol–water partition coefficient (Wildman–Crippen LogP) is 3.10. The van der Waals surface area contributed by atoms with Crippen LogP contribution < -0.4 is 5.32 Å². The highest BCUT2D eigenvalue weighted by molar-refractivity contribution is 6.15. The van der Waals surface area contributed by atoms with E-state index in [0.29, 0.717) is 12.2 Å². The van der Waals surface area contributed by atoms with E-state index in [1.807, 2.05) is 68.4 Å². The molecule has 1 aliphatic heterocycles. The summed E-state index contributed by atoms with van der Waals surface area (Å²) in [6.07, 6.45) is 1.39. The number of nitrogens with one attached hydrogen (secondary N) is 1. The monoisotopic (exact) mass is 320 g/mol. The topological polar surface area (TPSA) is 49.4 Å². The first kappa shape index (κ1) is 16.0. The van der Waals surface area contributed by atoms with Crippen molar-refractivity contribution < 1.29 is 9.59 Å². The predicted molar refractivity (Wildman–Crippen MR) is 92.8 cm³/mol. The van der Waals surface area contributed by atoms with Gasteiger partial charge in [0.15, 0.2) is 0 Å². The third-order valence-electron chi connectivity index (χ3n) is 4.22. The van der Waals surface area contributed by atoms with Crippen molar-refractivity contribution in [3.05, 3.63) is 83.1 Å². The number of aryl methyl sites for hydroxylation is 1. The maximum atomic E-state index is 12.5. The minimum atomic E-state index is -0.275. The molecule has 4 nitrogen and oxygen atoms in total. The van der Waals surface area contributed by atoms with E-state index in [0.717, 1.165) is 16.7 Å². The minimum Gasteiger partial charge on any atom is -0.374 e. The standard InChI is InChI=1S/C20H20N2O2/c1-14-8-6-7-11-17(14)15(2)21-18-12-19(23)22(20(18)24)13-16-9-4-3-5-10-16/h3-12,15,21H,13H2,1-2H3. The normalized spacial score (nSPS) is 15.4. The molecule has 0 fully saturated rings. The van der Waals surface area contributed by atoms with E-state index in [1.165, 1.54) is 11.0 Å². The van der Waals surface area contributed by atoms with Crippen molar-refractivity contribution in [2.45, 2.75) is 26.4 Å². The van der Waals surface area contributed by atoms with Crippen LogP contribution in [0.15, 0.2) is 66.4 Å². The summed E-state index contributed by atoms with van der Waals surface area (Å²) >= 11 is 0. The average Bonchev–Trinajstić information content (AvgIpc) is 2.84. The highest BCUT2D eigenvalue weighted by Gasteiger charge is 2.31. The van der Waals surface area contributed by atoms with Gasteiger partial charge in [0.05, 0.1) is 6.54 Å². The zero-order valence-corrected chi connectivity index (χ0v) is 13.8. The van der Waals surface area contributed by atoms with Crippen molar-refractivity contribution in [2.75, 3.05) is 0 Å². The first-order valence-electron chi connectivity index (χ1n) is 8.00. The van der Waals surface area contributed by atoms with Crippen molar-refractivity contribution in [3.63, 3.8) is 0 Å². The Morgan fingerprint density at radius 3 is 2.38 bits per heavy atom. The summed E-state index contributed by atoms with van der Waals surface area (Å²) in [5.41, 5.74) is 3.55. The fraction of sp³-hybridized carbons (Fsp3) is 0.200. The number of hydrogen-bond donors (Lipinski definition) is 1. The first-order chi connectivity index (χ1) is 11.6. The van der Waals surface area contributed by atoms with Crippen LogP contribution in [-0.2, 0) is 16.1 Å². The molecule has 1 aliphatic rings. The Labute approximate surface area is 141 Å². The highest BCUT2D eigenvalue weighted by atomic mass is 16.2. The molecule has 2 aromatic rings. The summed E-state index contributed by atoms with van der Waals surface area (Å²) in [4.78, 5) is 26.0. The van der Waals surface area contributed by atoms with E-state index < -0.39 is 0 Å². The third-order valence-corrected chi connectivity index (χ3v) is 4.22. The molecule has 2 amide bonds. The second-order valence-corrected chi connectivity index (χ2v) is 6.00. The maximum absolute atomic E-state index is 12.5. The van der Waals surface area contributed by atoms with Crippen LogP contribution in [0, 0.1) is 6.92 Å². The van der Waals surface area contributed by atoms with Crippen molar-refractivity contribution in [3.8, 4) is 0 Å². The molecular weight excluding hydrogens is 300 g/mol. The lowest BCUT2D eigenvalue weighted by atomic mass is 10.0. The maximum Gasteiger partial charge on any atom is 0.277 e. The third kappa shape index (κ3) is 3.23. The van der Waals surface area contributed by atoms with Crippen LogP contribution in [0.4, 0.5) is 0 Å². The second-order valence-electron chi connectivity index (χ2n) is 6.00. The van der Waals surface area contributed by atoms with Crippen LogP contribution in [0.2, 0.25) is 0 Å². The molecule has 0 aromatic heterocycles. The van der Waals surface area contributed by atoms with Gasteiger partial charge in [0.1, 0.15) is 5.70 Å². The number of rotatable bonds is 5. The Morgan fingerprint density at radius 1 is 1.00 bits per heavy atom. The summed E-state index contributed by atoms with van der Waals surface area (Å²) in [6.45, 7) is 4.31. The zero-order valence-electron chi connectivity index (χ0n) is 13.8. The summed E-state index contributed by atoms with van der Waals surface area (Å²) in [6, 6.07) is 17.5. The fourth-order valence-electron chi connectivity index (χ4n) is 2.91. The van der Waals surface area contributed by atoms with E-state index in [9.17, 15) is 9.59 Å². The number of carbonyl (C=O) groups excluding carboxylic acids is 2. The van der Waals surface area contributed by atoms with Crippen molar-refractivity contribution in [1.29, 1.82) is 0 Å². The molecule has 0 aliphatic carbocycles. The van der Waals surface area contributed by atoms with E-state index >= 15 is 0 Å². The van der Waals surface area contributed by atoms with Gasteiger partial charge < -0.3 is 5.32 Å². The summed E-state index contributed by atoms with van der Waals surface area (Å²) in [5.74, 6) is -0.548. The van der Waals surface area contributed by atoms with Gasteiger partial charge in [-0.25, -0.2) is 0 Å². The number of amides is 2. The van der Waals surface area contributed by atoms with Gasteiger partial charge in [-0.1, -0.05) is 54.6 Å². The molecule has 1 unspecified atom stereocenters. The van der Waals surface area contributed by atoms with Crippen LogP contribution in [0.3, 0.4) is 0 Å². The quantitative estimate of drug-likeness (QED) is 0.861. The van der Waals surface area contributed by atoms with Gasteiger partial charge in [-0.2, -0.15) is 0 Å². The van der Waals surface area contributed by atoms with Crippen LogP contribution in [0.1, 0.15) is 29.7 Å². The Kier molecular flexibility index (Phi) is 4.47. The van der Waals surface area contributed by atoms with Gasteiger partial charge in [0.2, 0.25) is 0 Å². The fourth-order valence-corrected chi connectivity index (χ4v) is 2.91. The Hall–Kier alpha value is -2.88. The van der Waals surface area contributed by atoms with Crippen LogP contribution in [-0.4, -0.2) is 16.7 Å². The van der Waals surface area contributed by atoms with Crippen molar-refractivity contribution >= 4 is 11.8 Å². The molecule has 0 saturated heterocycles. The van der Waals surface area contributed by atoms with Crippen molar-refractivity contribution in [1.82, 2.24) is 10.2 Å². The molecule has 2 aromatic carbocycles. The van der Waals surface area contributed by atoms with Gasteiger partial charge in [-0.3, -0.25) is 14.5 Å². The molecular formula is C20H20N2O2. The SMILES string of the molecule is Cc1ccccc1C(C)NC1=CC(=O)N(Cc2ccccc2)C1=O. The van der Waals surface area contributed by atoms with E-state index in [-0.39, 0.29) is 17.9 Å². The lowest BCUT2D eigenvalue weighted by molar-refractivity contribution is -0.138. The van der Waals surface area contributed by atoms with Gasteiger partial charge in [0.25, 0.3) is 11.8 Å². The number of benzene rings is 2. The number of imide groups is 1. The van der Waals surface area contributed by atoms with Gasteiger partial charge >= 0.3 is 0 Å². The molecule has 0 radical (unpaired) electrons. The summed E-state index contributed by atoms with van der Waals surface area (Å²) < 4.78 is 0. The molecule has 0 saturated carbocycles. The van der Waals surface area contributed by atoms with Gasteiger partial charge in [-0.15, -0.1) is 0 Å². The Bertz CT molecular complexity index is 796. The second kappa shape index (κ2) is 6.71. The molecule has 1 atom stereocenters.